The van der Waals surface area contributed by atoms with E-state index in [9.17, 15) is 4.79 Å². The monoisotopic (exact) mass is 224 g/mol. The first-order chi connectivity index (χ1) is 7.66. The van der Waals surface area contributed by atoms with Crippen molar-refractivity contribution in [3.63, 3.8) is 0 Å². The summed E-state index contributed by atoms with van der Waals surface area (Å²) in [5.41, 5.74) is -0.136. The summed E-state index contributed by atoms with van der Waals surface area (Å²) in [6, 6.07) is 0. The van der Waals surface area contributed by atoms with E-state index in [1.807, 2.05) is 18.0 Å². The third kappa shape index (κ3) is 2.85. The molecule has 0 aromatic carbocycles. The van der Waals surface area contributed by atoms with E-state index < -0.39 is 0 Å². The van der Waals surface area contributed by atoms with E-state index >= 15 is 0 Å². The van der Waals surface area contributed by atoms with Crippen LogP contribution < -0.4 is 5.32 Å². The summed E-state index contributed by atoms with van der Waals surface area (Å²) in [5.74, 6) is 0.309. The molecule has 1 aliphatic heterocycles. The maximum atomic E-state index is 12.4. The lowest BCUT2D eigenvalue weighted by atomic mass is 9.83. The number of amides is 1. The Balaban J connectivity index is 2.50. The highest BCUT2D eigenvalue weighted by molar-refractivity contribution is 5.83. The van der Waals surface area contributed by atoms with Gasteiger partial charge in [-0.2, -0.15) is 0 Å². The number of allylic oxidation sites excluding steroid dienone is 1. The zero-order valence-corrected chi connectivity index (χ0v) is 10.6. The number of nitrogens with one attached hydrogen (secondary N) is 1. The van der Waals surface area contributed by atoms with Gasteiger partial charge >= 0.3 is 0 Å². The van der Waals surface area contributed by atoms with Crippen LogP contribution in [0.25, 0.3) is 0 Å². The minimum absolute atomic E-state index is 0.136. The highest BCUT2D eigenvalue weighted by Gasteiger charge is 2.40. The van der Waals surface area contributed by atoms with Crippen molar-refractivity contribution >= 4 is 5.91 Å². The van der Waals surface area contributed by atoms with Crippen LogP contribution in [0.1, 0.15) is 32.6 Å². The van der Waals surface area contributed by atoms with Gasteiger partial charge < -0.3 is 10.2 Å². The summed E-state index contributed by atoms with van der Waals surface area (Å²) in [6.45, 7) is 8.46. The smallest absolute Gasteiger partial charge is 0.229 e. The van der Waals surface area contributed by atoms with E-state index in [4.69, 9.17) is 0 Å². The molecule has 1 atom stereocenters. The largest absolute Gasteiger partial charge is 0.345 e. The molecule has 1 fully saturated rings. The van der Waals surface area contributed by atoms with E-state index in [0.717, 1.165) is 45.3 Å². The molecule has 0 aliphatic carbocycles. The van der Waals surface area contributed by atoms with Gasteiger partial charge in [0.25, 0.3) is 0 Å². The molecule has 1 amide bonds. The molecule has 0 aromatic heterocycles. The van der Waals surface area contributed by atoms with Crippen LogP contribution in [0.3, 0.4) is 0 Å². The lowest BCUT2D eigenvalue weighted by Gasteiger charge is -2.30. The van der Waals surface area contributed by atoms with Gasteiger partial charge in [-0.1, -0.05) is 13.0 Å². The molecular weight excluding hydrogens is 200 g/mol. The summed E-state index contributed by atoms with van der Waals surface area (Å²) in [5, 5.41) is 3.30. The van der Waals surface area contributed by atoms with Gasteiger partial charge in [-0.3, -0.25) is 4.79 Å². The fraction of sp³-hybridized carbons (Fsp3) is 0.769. The van der Waals surface area contributed by atoms with E-state index in [1.54, 1.807) is 0 Å². The molecular formula is C13H24N2O. The first-order valence-corrected chi connectivity index (χ1v) is 6.23. The summed E-state index contributed by atoms with van der Waals surface area (Å²) in [7, 11) is 1.92. The Bertz CT molecular complexity index is 244. The predicted molar refractivity (Wildman–Crippen MR) is 67.3 cm³/mol. The van der Waals surface area contributed by atoms with Crippen LogP contribution in [-0.4, -0.2) is 37.5 Å². The van der Waals surface area contributed by atoms with Gasteiger partial charge in [0.15, 0.2) is 0 Å². The molecule has 0 radical (unpaired) electrons. The molecule has 1 unspecified atom stereocenters. The third-order valence-electron chi connectivity index (χ3n) is 3.62. The number of hydrogen-bond donors (Lipinski definition) is 1. The second kappa shape index (κ2) is 6.04. The zero-order chi connectivity index (χ0) is 12.0. The van der Waals surface area contributed by atoms with Gasteiger partial charge in [0.05, 0.1) is 5.41 Å². The fourth-order valence-electron chi connectivity index (χ4n) is 2.36. The molecule has 0 bridgehead atoms. The normalized spacial score (nSPS) is 24.4. The van der Waals surface area contributed by atoms with Crippen molar-refractivity contribution in [1.82, 2.24) is 10.2 Å². The second-order valence-corrected chi connectivity index (χ2v) is 4.72. The number of hydrogen-bond acceptors (Lipinski definition) is 2. The molecule has 1 N–H and O–H groups in total. The van der Waals surface area contributed by atoms with Crippen molar-refractivity contribution in [3.8, 4) is 0 Å². The highest BCUT2D eigenvalue weighted by atomic mass is 16.2. The van der Waals surface area contributed by atoms with E-state index in [2.05, 4.69) is 18.8 Å². The average Bonchev–Trinajstić information content (AvgIpc) is 2.78. The molecule has 0 spiro atoms. The lowest BCUT2D eigenvalue weighted by Crippen LogP contribution is -2.43. The van der Waals surface area contributed by atoms with E-state index in [-0.39, 0.29) is 5.41 Å². The number of rotatable bonds is 6. The van der Waals surface area contributed by atoms with Crippen molar-refractivity contribution in [2.75, 3.05) is 26.7 Å². The van der Waals surface area contributed by atoms with Crippen LogP contribution >= 0.6 is 0 Å². The number of carbonyl (C=O) groups is 1. The summed E-state index contributed by atoms with van der Waals surface area (Å²) in [6.07, 6.45) is 5.82. The molecule has 3 nitrogen and oxygen atoms in total. The first kappa shape index (κ1) is 13.2. The van der Waals surface area contributed by atoms with Crippen LogP contribution in [-0.2, 0) is 4.79 Å². The SMILES string of the molecule is C=CCCCN(C)C(=O)C1(CC)CCNC1. The quantitative estimate of drug-likeness (QED) is 0.551. The highest BCUT2D eigenvalue weighted by Crippen LogP contribution is 2.31. The zero-order valence-electron chi connectivity index (χ0n) is 10.6. The van der Waals surface area contributed by atoms with Crippen molar-refractivity contribution in [2.24, 2.45) is 5.41 Å². The van der Waals surface area contributed by atoms with Crippen molar-refractivity contribution < 1.29 is 4.79 Å². The molecule has 0 aromatic rings. The van der Waals surface area contributed by atoms with Gasteiger partial charge in [-0.05, 0) is 32.2 Å². The van der Waals surface area contributed by atoms with E-state index in [0.29, 0.717) is 5.91 Å². The molecule has 1 saturated heterocycles. The number of nitrogens with zero attached hydrogens (tertiary/aromatic N) is 1. The first-order valence-electron chi connectivity index (χ1n) is 6.23. The average molecular weight is 224 g/mol. The maximum absolute atomic E-state index is 12.4. The van der Waals surface area contributed by atoms with Crippen LogP contribution in [0.2, 0.25) is 0 Å². The molecule has 1 aliphatic rings. The van der Waals surface area contributed by atoms with Gasteiger partial charge in [0.1, 0.15) is 0 Å². The molecule has 16 heavy (non-hydrogen) atoms. The summed E-state index contributed by atoms with van der Waals surface area (Å²) >= 11 is 0. The van der Waals surface area contributed by atoms with E-state index in [1.165, 1.54) is 0 Å². The van der Waals surface area contributed by atoms with Crippen molar-refractivity contribution in [3.05, 3.63) is 12.7 Å². The van der Waals surface area contributed by atoms with Crippen molar-refractivity contribution in [2.45, 2.75) is 32.6 Å². The van der Waals surface area contributed by atoms with Crippen molar-refractivity contribution in [1.29, 1.82) is 0 Å². The molecule has 0 saturated carbocycles. The molecule has 1 rings (SSSR count). The van der Waals surface area contributed by atoms with Crippen LogP contribution in [0, 0.1) is 5.41 Å². The summed E-state index contributed by atoms with van der Waals surface area (Å²) < 4.78 is 0. The maximum Gasteiger partial charge on any atom is 0.229 e. The molecule has 1 heterocycles. The van der Waals surface area contributed by atoms with Gasteiger partial charge in [-0.15, -0.1) is 6.58 Å². The Morgan fingerprint density at radius 2 is 2.38 bits per heavy atom. The minimum atomic E-state index is -0.136. The Morgan fingerprint density at radius 3 is 2.88 bits per heavy atom. The Kier molecular flexibility index (Phi) is 5.00. The Labute approximate surface area is 98.9 Å². The Morgan fingerprint density at radius 1 is 1.62 bits per heavy atom. The Hall–Kier alpha value is -0.830. The number of carbonyl (C=O) groups excluding carboxylic acids is 1. The van der Waals surface area contributed by atoms with Gasteiger partial charge in [-0.25, -0.2) is 0 Å². The third-order valence-corrected chi connectivity index (χ3v) is 3.62. The van der Waals surface area contributed by atoms with Crippen LogP contribution in [0.5, 0.6) is 0 Å². The summed E-state index contributed by atoms with van der Waals surface area (Å²) in [4.78, 5) is 14.2. The fourth-order valence-corrected chi connectivity index (χ4v) is 2.36. The lowest BCUT2D eigenvalue weighted by molar-refractivity contribution is -0.140. The standard InChI is InChI=1S/C13H24N2O/c1-4-6-7-10-15(3)12(16)13(5-2)8-9-14-11-13/h4,14H,1,5-11H2,2-3H3. The number of unbranched alkanes of at least 4 members (excludes halogenated alkanes) is 1. The molecule has 92 valence electrons. The van der Waals surface area contributed by atoms with Gasteiger partial charge in [0, 0.05) is 20.1 Å². The predicted octanol–water partition coefficient (Wildman–Crippen LogP) is 1.80. The minimum Gasteiger partial charge on any atom is -0.345 e. The topological polar surface area (TPSA) is 32.3 Å². The van der Waals surface area contributed by atoms with Crippen LogP contribution in [0.15, 0.2) is 12.7 Å². The second-order valence-electron chi connectivity index (χ2n) is 4.72. The van der Waals surface area contributed by atoms with Crippen LogP contribution in [0.4, 0.5) is 0 Å². The molecule has 3 heteroatoms. The van der Waals surface area contributed by atoms with Gasteiger partial charge in [0.2, 0.25) is 5.91 Å².